The van der Waals surface area contributed by atoms with Crippen molar-refractivity contribution in [1.29, 1.82) is 0 Å². The number of rotatable bonds is 9. The number of amides is 3. The van der Waals surface area contributed by atoms with Crippen molar-refractivity contribution in [3.8, 4) is 28.9 Å². The zero-order chi connectivity index (χ0) is 35.3. The summed E-state index contributed by atoms with van der Waals surface area (Å²) >= 11 is 0. The topological polar surface area (TPSA) is 135 Å². The van der Waals surface area contributed by atoms with E-state index in [-0.39, 0.29) is 37.5 Å². The number of hydrogen-bond acceptors (Lipinski definition) is 9. The first-order valence-corrected chi connectivity index (χ1v) is 17.3. The number of hydrogen-bond donors (Lipinski definition) is 1. The standard InChI is InChI=1S/C38H47N5O7/c1-4-49-36(45)31-17-13-8-6-5-7-9-14-22-42(25-27-18-20-29(47-2)21-19-27)38(46)43-26-30(23-33(43)35(44)39-31)50-34-24-32(40-37(41-34)48-3)28-15-11-10-12-16-28/h6,8,10-12,15-16,18-21,24,30-31,33H,4-5,7,9,13-14,17,22-23,25-26H2,1-3H3,(H,39,44)/q+1. The molecule has 1 radical (unpaired) electrons. The molecule has 1 fully saturated rings. The van der Waals surface area contributed by atoms with Gasteiger partial charge in [-0.2, -0.15) is 9.97 Å². The smallest absolute Gasteiger partial charge is 0.468 e. The molecule has 0 saturated carbocycles. The Labute approximate surface area is 293 Å². The lowest BCUT2D eigenvalue weighted by molar-refractivity contribution is -0.147. The molecular formula is C38H47N5O7+. The molecule has 1 saturated heterocycles. The molecule has 2 aromatic carbocycles. The molecule has 0 aliphatic carbocycles. The van der Waals surface area contributed by atoms with Crippen LogP contribution in [0.5, 0.6) is 17.6 Å². The van der Waals surface area contributed by atoms with E-state index in [1.165, 1.54) is 7.11 Å². The lowest BCUT2D eigenvalue weighted by Crippen LogP contribution is -2.56. The van der Waals surface area contributed by atoms with Gasteiger partial charge in [0.1, 0.15) is 11.8 Å². The number of nitrogens with zero attached hydrogens (tertiary/aromatic N) is 4. The molecule has 12 nitrogen and oxygen atoms in total. The molecular weight excluding hydrogens is 638 g/mol. The number of ether oxygens (including phenoxy) is 4. The summed E-state index contributed by atoms with van der Waals surface area (Å²) in [5.41, 5.74) is 2.41. The Morgan fingerprint density at radius 2 is 1.74 bits per heavy atom. The highest BCUT2D eigenvalue weighted by Gasteiger charge is 2.53. The fourth-order valence-corrected chi connectivity index (χ4v) is 6.20. The average Bonchev–Trinajstić information content (AvgIpc) is 3.56. The molecule has 0 spiro atoms. The van der Waals surface area contributed by atoms with E-state index in [1.54, 1.807) is 29.9 Å². The number of carbonyl (C=O) groups excluding carboxylic acids is 3. The highest BCUT2D eigenvalue weighted by Crippen LogP contribution is 2.28. The first-order chi connectivity index (χ1) is 24.4. The van der Waals surface area contributed by atoms with Crippen LogP contribution in [0.1, 0.15) is 57.4 Å². The summed E-state index contributed by atoms with van der Waals surface area (Å²) in [5, 5.41) is 2.91. The molecule has 5 rings (SSSR count). The number of fused-ring (bicyclic) bond motifs is 1. The number of aromatic nitrogens is 2. The Morgan fingerprint density at radius 1 is 0.960 bits per heavy atom. The minimum atomic E-state index is -0.899. The van der Waals surface area contributed by atoms with Gasteiger partial charge in [-0.3, -0.25) is 9.69 Å². The largest absolute Gasteiger partial charge is 0.497 e. The van der Waals surface area contributed by atoms with Crippen LogP contribution in [0, 0.1) is 0 Å². The Hall–Kier alpha value is -4.97. The third-order valence-corrected chi connectivity index (χ3v) is 8.81. The van der Waals surface area contributed by atoms with Gasteiger partial charge in [0.15, 0.2) is 12.6 Å². The van der Waals surface area contributed by atoms with E-state index in [1.807, 2.05) is 54.6 Å². The van der Waals surface area contributed by atoms with Crippen LogP contribution >= 0.6 is 0 Å². The quantitative estimate of drug-likeness (QED) is 0.178. The van der Waals surface area contributed by atoms with Gasteiger partial charge in [0.25, 0.3) is 5.91 Å². The van der Waals surface area contributed by atoms with E-state index in [4.69, 9.17) is 18.9 Å². The van der Waals surface area contributed by atoms with Gasteiger partial charge in [-0.1, -0.05) is 65.9 Å². The number of nitrogens with one attached hydrogen (secondary N) is 1. The van der Waals surface area contributed by atoms with Gasteiger partial charge in [-0.05, 0) is 56.7 Å². The number of benzene rings is 2. The summed E-state index contributed by atoms with van der Waals surface area (Å²) in [4.78, 5) is 53.8. The third-order valence-electron chi connectivity index (χ3n) is 8.81. The summed E-state index contributed by atoms with van der Waals surface area (Å²) in [7, 11) is 3.10. The van der Waals surface area contributed by atoms with Crippen LogP contribution in [0.4, 0.5) is 4.79 Å². The molecule has 1 aromatic heterocycles. The van der Waals surface area contributed by atoms with E-state index in [0.29, 0.717) is 31.6 Å². The second-order valence-electron chi connectivity index (χ2n) is 12.4. The van der Waals surface area contributed by atoms with Crippen molar-refractivity contribution in [3.63, 3.8) is 0 Å². The highest BCUT2D eigenvalue weighted by molar-refractivity contribution is 5.92. The fraction of sp³-hybridized carbons (Fsp3) is 0.447. The Morgan fingerprint density at radius 3 is 2.48 bits per heavy atom. The van der Waals surface area contributed by atoms with E-state index in [2.05, 4.69) is 27.4 Å². The van der Waals surface area contributed by atoms with Gasteiger partial charge in [0.05, 0.1) is 39.5 Å². The summed E-state index contributed by atoms with van der Waals surface area (Å²) in [6.45, 7) is 2.93. The van der Waals surface area contributed by atoms with Gasteiger partial charge < -0.3 is 24.3 Å². The highest BCUT2D eigenvalue weighted by atomic mass is 16.5. The lowest BCUT2D eigenvalue weighted by atomic mass is 10.1. The van der Waals surface area contributed by atoms with E-state index >= 15 is 0 Å². The second kappa shape index (κ2) is 18.1. The zero-order valence-electron chi connectivity index (χ0n) is 29.1. The molecule has 3 amide bonds. The van der Waals surface area contributed by atoms with Crippen molar-refractivity contribution in [3.05, 3.63) is 78.4 Å². The number of urea groups is 1. The molecule has 2 aliphatic rings. The monoisotopic (exact) mass is 685 g/mol. The van der Waals surface area contributed by atoms with Crippen LogP contribution in [0.15, 0.2) is 72.8 Å². The molecule has 265 valence electrons. The second-order valence-corrected chi connectivity index (χ2v) is 12.4. The number of methoxy groups -OCH3 is 2. The molecule has 1 N–H and O–H groups in total. The zero-order valence-corrected chi connectivity index (χ0v) is 29.1. The van der Waals surface area contributed by atoms with Gasteiger partial charge in [-0.15, -0.1) is 0 Å². The minimum Gasteiger partial charge on any atom is -0.497 e. The van der Waals surface area contributed by atoms with Crippen LogP contribution in [0.3, 0.4) is 0 Å². The molecule has 2 aliphatic heterocycles. The average molecular weight is 686 g/mol. The van der Waals surface area contributed by atoms with Crippen LogP contribution < -0.4 is 24.4 Å². The summed E-state index contributed by atoms with van der Waals surface area (Å²) in [6.07, 6.45) is 8.40. The Kier molecular flexibility index (Phi) is 13.2. The number of esters is 1. The van der Waals surface area contributed by atoms with Crippen LogP contribution in [0.2, 0.25) is 0 Å². The maximum absolute atomic E-state index is 14.5. The Bertz CT molecular complexity index is 1600. The number of allylic oxidation sites excluding steroid dienone is 2. The van der Waals surface area contributed by atoms with Crippen molar-refractivity contribution in [2.45, 2.75) is 76.6 Å². The summed E-state index contributed by atoms with van der Waals surface area (Å²) in [5.74, 6) is 0.0547. The molecule has 50 heavy (non-hydrogen) atoms. The van der Waals surface area contributed by atoms with Crippen molar-refractivity contribution in [2.75, 3.05) is 33.9 Å². The van der Waals surface area contributed by atoms with Gasteiger partial charge in [0.2, 0.25) is 11.9 Å². The van der Waals surface area contributed by atoms with Crippen LogP contribution in [-0.4, -0.2) is 84.9 Å². The molecule has 3 atom stereocenters. The van der Waals surface area contributed by atoms with Crippen LogP contribution in [-0.2, 0) is 20.9 Å². The predicted octanol–water partition coefficient (Wildman–Crippen LogP) is 5.40. The molecule has 0 bridgehead atoms. The van der Waals surface area contributed by atoms with Gasteiger partial charge in [0, 0.05) is 18.2 Å². The predicted molar refractivity (Wildman–Crippen MR) is 188 cm³/mol. The maximum Gasteiger partial charge on any atom is 0.468 e. The van der Waals surface area contributed by atoms with Crippen molar-refractivity contribution >= 4 is 17.9 Å². The third kappa shape index (κ3) is 9.81. The van der Waals surface area contributed by atoms with Gasteiger partial charge >= 0.3 is 18.0 Å². The lowest BCUT2D eigenvalue weighted by Gasteiger charge is -2.24. The Balaban J connectivity index is 1.45. The van der Waals surface area contributed by atoms with Crippen LogP contribution in [0.25, 0.3) is 11.3 Å². The fourth-order valence-electron chi connectivity index (χ4n) is 6.20. The minimum absolute atomic E-state index is 0.135. The SMILES string of the molecule is CCOC(=O)C1CCC=CCCCCCN(Cc2ccc(OC)cc2)C(=O)[N+]2CC(Oc3cc(-c4ccccc4)nc(OC)n3)CC2C(=O)N1. The number of carbonyl (C=O) groups is 3. The summed E-state index contributed by atoms with van der Waals surface area (Å²) < 4.78 is 22.4. The van der Waals surface area contributed by atoms with Crippen molar-refractivity contribution < 1.29 is 33.3 Å². The molecule has 12 heteroatoms. The summed E-state index contributed by atoms with van der Waals surface area (Å²) in [6, 6.07) is 17.0. The van der Waals surface area contributed by atoms with E-state index in [9.17, 15) is 14.4 Å². The normalized spacial score (nSPS) is 20.9. The first kappa shape index (κ1) is 36.3. The molecule has 3 aromatic rings. The van der Waals surface area contributed by atoms with Crippen molar-refractivity contribution in [2.24, 2.45) is 0 Å². The van der Waals surface area contributed by atoms with E-state index < -0.39 is 30.1 Å². The molecule has 3 heterocycles. The molecule has 3 unspecified atom stereocenters. The first-order valence-electron chi connectivity index (χ1n) is 17.3. The van der Waals surface area contributed by atoms with Crippen molar-refractivity contribution in [1.82, 2.24) is 25.1 Å². The van der Waals surface area contributed by atoms with Gasteiger partial charge in [-0.25, -0.2) is 9.59 Å². The van der Waals surface area contributed by atoms with E-state index in [0.717, 1.165) is 42.6 Å². The maximum atomic E-state index is 14.5.